The minimum absolute atomic E-state index is 0.160. The lowest BCUT2D eigenvalue weighted by Crippen LogP contribution is -2.28. The van der Waals surface area contributed by atoms with Crippen molar-refractivity contribution in [2.75, 3.05) is 6.61 Å². The number of benzene rings is 1. The van der Waals surface area contributed by atoms with Gasteiger partial charge in [0.1, 0.15) is 5.75 Å². The summed E-state index contributed by atoms with van der Waals surface area (Å²) in [5.74, 6) is -0.606. The van der Waals surface area contributed by atoms with Crippen LogP contribution in [0.1, 0.15) is 25.8 Å². The third-order valence-corrected chi connectivity index (χ3v) is 5.56. The fourth-order valence-corrected chi connectivity index (χ4v) is 4.30. The second-order valence-electron chi connectivity index (χ2n) is 7.32. The molecule has 2 bridgehead atoms. The van der Waals surface area contributed by atoms with Crippen LogP contribution in [0.3, 0.4) is 0 Å². The first-order valence-electron chi connectivity index (χ1n) is 9.53. The molecule has 4 rings (SSSR count). The summed E-state index contributed by atoms with van der Waals surface area (Å²) in [6.07, 6.45) is 5.72. The Bertz CT molecular complexity index is 847. The van der Waals surface area contributed by atoms with Crippen LogP contribution >= 0.6 is 0 Å². The summed E-state index contributed by atoms with van der Waals surface area (Å²) in [7, 11) is 0. The Morgan fingerprint density at radius 3 is 2.57 bits per heavy atom. The minimum Gasteiger partial charge on any atom is -0.479 e. The number of rotatable bonds is 6. The van der Waals surface area contributed by atoms with Crippen LogP contribution in [-0.4, -0.2) is 41.7 Å². The summed E-state index contributed by atoms with van der Waals surface area (Å²) < 4.78 is 10.5. The Labute approximate surface area is 163 Å². The molecule has 1 aromatic carbocycles. The molecule has 5 unspecified atom stereocenters. The SMILES string of the molecule is CCOC(=O)C(C)Oc1cccc(C=NN2C(=O)C3C4C=CC(C4)C3C2=O)c1. The molecule has 7 heteroatoms. The zero-order valence-corrected chi connectivity index (χ0v) is 15.8. The van der Waals surface area contributed by atoms with Crippen LogP contribution in [0.4, 0.5) is 0 Å². The number of fused-ring (bicyclic) bond motifs is 5. The van der Waals surface area contributed by atoms with Gasteiger partial charge in [-0.3, -0.25) is 9.59 Å². The average Bonchev–Trinajstić information content (AvgIpc) is 3.35. The Morgan fingerprint density at radius 1 is 1.25 bits per heavy atom. The predicted octanol–water partition coefficient (Wildman–Crippen LogP) is 2.16. The summed E-state index contributed by atoms with van der Waals surface area (Å²) in [6, 6.07) is 6.94. The molecule has 28 heavy (non-hydrogen) atoms. The second kappa shape index (κ2) is 7.22. The van der Waals surface area contributed by atoms with Gasteiger partial charge >= 0.3 is 5.97 Å². The molecule has 2 fully saturated rings. The lowest BCUT2D eigenvalue weighted by Gasteiger charge is -2.13. The zero-order chi connectivity index (χ0) is 19.8. The van der Waals surface area contributed by atoms with Crippen LogP contribution in [0.2, 0.25) is 0 Å². The molecule has 1 aromatic rings. The van der Waals surface area contributed by atoms with Gasteiger partial charge < -0.3 is 9.47 Å². The van der Waals surface area contributed by atoms with Gasteiger partial charge in [-0.05, 0) is 49.8 Å². The summed E-state index contributed by atoms with van der Waals surface area (Å²) >= 11 is 0. The molecule has 2 aliphatic carbocycles. The van der Waals surface area contributed by atoms with Gasteiger partial charge in [-0.15, -0.1) is 0 Å². The van der Waals surface area contributed by atoms with Crippen molar-refractivity contribution in [3.63, 3.8) is 0 Å². The van der Waals surface area contributed by atoms with Gasteiger partial charge in [-0.25, -0.2) is 4.79 Å². The van der Waals surface area contributed by atoms with Crippen LogP contribution < -0.4 is 4.74 Å². The first kappa shape index (κ1) is 18.4. The molecule has 0 N–H and O–H groups in total. The van der Waals surface area contributed by atoms with Gasteiger partial charge in [0.2, 0.25) is 0 Å². The molecule has 1 aliphatic heterocycles. The molecule has 2 amide bonds. The maximum absolute atomic E-state index is 12.6. The van der Waals surface area contributed by atoms with E-state index in [4.69, 9.17) is 9.47 Å². The van der Waals surface area contributed by atoms with E-state index in [1.54, 1.807) is 38.1 Å². The maximum atomic E-state index is 12.6. The number of nitrogens with zero attached hydrogens (tertiary/aromatic N) is 2. The number of imide groups is 1. The molecule has 146 valence electrons. The van der Waals surface area contributed by atoms with Crippen molar-refractivity contribution in [2.45, 2.75) is 26.4 Å². The molecule has 5 atom stereocenters. The molecule has 7 nitrogen and oxygen atoms in total. The molecule has 0 spiro atoms. The summed E-state index contributed by atoms with van der Waals surface area (Å²) in [5.41, 5.74) is 0.660. The smallest absolute Gasteiger partial charge is 0.347 e. The van der Waals surface area contributed by atoms with E-state index < -0.39 is 12.1 Å². The Morgan fingerprint density at radius 2 is 1.93 bits per heavy atom. The predicted molar refractivity (Wildman–Crippen MR) is 100 cm³/mol. The minimum atomic E-state index is -0.740. The highest BCUT2D eigenvalue weighted by molar-refractivity contribution is 6.06. The highest BCUT2D eigenvalue weighted by Gasteiger charge is 2.59. The maximum Gasteiger partial charge on any atom is 0.347 e. The first-order valence-corrected chi connectivity index (χ1v) is 9.53. The number of carbonyl (C=O) groups is 3. The molecule has 1 heterocycles. The van der Waals surface area contributed by atoms with E-state index >= 15 is 0 Å². The van der Waals surface area contributed by atoms with Gasteiger partial charge in [0.15, 0.2) is 6.10 Å². The standard InChI is InChI=1S/C21H22N2O5/c1-3-27-21(26)12(2)28-16-6-4-5-13(9-16)11-22-23-19(24)17-14-7-8-15(10-14)18(17)20(23)25/h4-9,11-12,14-15,17-18H,3,10H2,1-2H3. The number of hydrogen-bond donors (Lipinski definition) is 0. The van der Waals surface area contributed by atoms with Gasteiger partial charge in [-0.2, -0.15) is 10.1 Å². The van der Waals surface area contributed by atoms with Crippen LogP contribution in [-0.2, 0) is 19.1 Å². The number of amides is 2. The van der Waals surface area contributed by atoms with Crippen molar-refractivity contribution >= 4 is 24.0 Å². The molecular formula is C21H22N2O5. The third-order valence-electron chi connectivity index (χ3n) is 5.56. The molecular weight excluding hydrogens is 360 g/mol. The van der Waals surface area contributed by atoms with Crippen LogP contribution in [0.15, 0.2) is 41.5 Å². The summed E-state index contributed by atoms with van der Waals surface area (Å²) in [6.45, 7) is 3.63. The van der Waals surface area contributed by atoms with E-state index in [2.05, 4.69) is 17.3 Å². The van der Waals surface area contributed by atoms with Crippen LogP contribution in [0.5, 0.6) is 5.75 Å². The van der Waals surface area contributed by atoms with Crippen molar-refractivity contribution < 1.29 is 23.9 Å². The Hall–Kier alpha value is -2.96. The molecule has 1 saturated carbocycles. The number of hydrazone groups is 1. The number of carbonyl (C=O) groups excluding carboxylic acids is 3. The van der Waals surface area contributed by atoms with Crippen molar-refractivity contribution in [1.82, 2.24) is 5.01 Å². The average molecular weight is 382 g/mol. The molecule has 0 aromatic heterocycles. The van der Waals surface area contributed by atoms with E-state index in [0.717, 1.165) is 11.4 Å². The summed E-state index contributed by atoms with van der Waals surface area (Å²) in [5, 5.41) is 5.16. The fourth-order valence-electron chi connectivity index (χ4n) is 4.30. The largest absolute Gasteiger partial charge is 0.479 e. The first-order chi connectivity index (χ1) is 13.5. The number of hydrogen-bond acceptors (Lipinski definition) is 6. The fraction of sp³-hybridized carbons (Fsp3) is 0.429. The number of ether oxygens (including phenoxy) is 2. The zero-order valence-electron chi connectivity index (χ0n) is 15.8. The molecule has 0 radical (unpaired) electrons. The van der Waals surface area contributed by atoms with E-state index in [1.807, 2.05) is 0 Å². The molecule has 3 aliphatic rings. The summed E-state index contributed by atoms with van der Waals surface area (Å²) in [4.78, 5) is 37.0. The van der Waals surface area contributed by atoms with Crippen LogP contribution in [0.25, 0.3) is 0 Å². The topological polar surface area (TPSA) is 85.3 Å². The number of esters is 1. The van der Waals surface area contributed by atoms with Crippen molar-refractivity contribution in [3.05, 3.63) is 42.0 Å². The monoisotopic (exact) mass is 382 g/mol. The van der Waals surface area contributed by atoms with Gasteiger partial charge in [0, 0.05) is 0 Å². The highest BCUT2D eigenvalue weighted by atomic mass is 16.6. The lowest BCUT2D eigenvalue weighted by molar-refractivity contribution is -0.150. The van der Waals surface area contributed by atoms with Gasteiger partial charge in [0.25, 0.3) is 11.8 Å². The quantitative estimate of drug-likeness (QED) is 0.326. The second-order valence-corrected chi connectivity index (χ2v) is 7.32. The Balaban J connectivity index is 1.45. The van der Waals surface area contributed by atoms with E-state index in [0.29, 0.717) is 11.3 Å². The lowest BCUT2D eigenvalue weighted by atomic mass is 9.85. The van der Waals surface area contributed by atoms with Crippen molar-refractivity contribution in [1.29, 1.82) is 0 Å². The van der Waals surface area contributed by atoms with E-state index in [9.17, 15) is 14.4 Å². The van der Waals surface area contributed by atoms with E-state index in [-0.39, 0.29) is 42.1 Å². The van der Waals surface area contributed by atoms with Crippen molar-refractivity contribution in [3.8, 4) is 5.75 Å². The van der Waals surface area contributed by atoms with Crippen molar-refractivity contribution in [2.24, 2.45) is 28.8 Å². The van der Waals surface area contributed by atoms with Crippen LogP contribution in [0, 0.1) is 23.7 Å². The van der Waals surface area contributed by atoms with Gasteiger partial charge in [0.05, 0.1) is 24.7 Å². The number of allylic oxidation sites excluding steroid dienone is 2. The van der Waals surface area contributed by atoms with E-state index in [1.165, 1.54) is 6.21 Å². The normalized spacial score (nSPS) is 28.9. The Kier molecular flexibility index (Phi) is 4.75. The third kappa shape index (κ3) is 3.10. The van der Waals surface area contributed by atoms with Gasteiger partial charge in [-0.1, -0.05) is 24.3 Å². The highest BCUT2D eigenvalue weighted by Crippen LogP contribution is 2.52. The molecule has 1 saturated heterocycles.